The standard InChI is InChI=1S/C14H24N2S/c1-3-12(8-11(9-15)10-16)13-4-6-14(17-2)7-5-13/h4-7,11-12H,3,8-10,15-16H2,1-2H3. The fourth-order valence-electron chi connectivity index (χ4n) is 2.11. The van der Waals surface area contributed by atoms with Gasteiger partial charge in [0.25, 0.3) is 0 Å². The van der Waals surface area contributed by atoms with Gasteiger partial charge < -0.3 is 11.5 Å². The van der Waals surface area contributed by atoms with E-state index in [-0.39, 0.29) is 0 Å². The van der Waals surface area contributed by atoms with Crippen molar-refractivity contribution in [2.45, 2.75) is 30.6 Å². The second kappa shape index (κ2) is 7.75. The van der Waals surface area contributed by atoms with E-state index in [9.17, 15) is 0 Å². The van der Waals surface area contributed by atoms with Crippen molar-refractivity contribution in [2.24, 2.45) is 17.4 Å². The number of rotatable bonds is 7. The highest BCUT2D eigenvalue weighted by atomic mass is 32.2. The number of nitrogens with two attached hydrogens (primary N) is 2. The second-order valence-corrected chi connectivity index (χ2v) is 5.33. The van der Waals surface area contributed by atoms with E-state index in [1.165, 1.54) is 10.5 Å². The minimum atomic E-state index is 0.445. The molecule has 0 aliphatic rings. The molecule has 1 unspecified atom stereocenters. The molecule has 1 aromatic carbocycles. The summed E-state index contributed by atoms with van der Waals surface area (Å²) in [6.07, 6.45) is 4.35. The van der Waals surface area contributed by atoms with Gasteiger partial charge in [-0.25, -0.2) is 0 Å². The van der Waals surface area contributed by atoms with Crippen molar-refractivity contribution in [3.8, 4) is 0 Å². The SMILES string of the molecule is CCC(CC(CN)CN)c1ccc(SC)cc1. The van der Waals surface area contributed by atoms with Crippen molar-refractivity contribution in [2.75, 3.05) is 19.3 Å². The number of hydrogen-bond acceptors (Lipinski definition) is 3. The molecule has 0 saturated carbocycles. The van der Waals surface area contributed by atoms with E-state index in [1.54, 1.807) is 11.8 Å². The second-order valence-electron chi connectivity index (χ2n) is 4.45. The summed E-state index contributed by atoms with van der Waals surface area (Å²) < 4.78 is 0. The molecular formula is C14H24N2S. The summed E-state index contributed by atoms with van der Waals surface area (Å²) in [4.78, 5) is 1.32. The van der Waals surface area contributed by atoms with E-state index in [1.807, 2.05) is 0 Å². The van der Waals surface area contributed by atoms with Crippen LogP contribution < -0.4 is 11.5 Å². The molecule has 4 N–H and O–H groups in total. The molecule has 0 saturated heterocycles. The van der Waals surface area contributed by atoms with Crippen LogP contribution in [0.1, 0.15) is 31.2 Å². The van der Waals surface area contributed by atoms with Gasteiger partial charge in [-0.3, -0.25) is 0 Å². The lowest BCUT2D eigenvalue weighted by atomic mass is 9.87. The normalized spacial score (nSPS) is 13.0. The molecule has 1 atom stereocenters. The van der Waals surface area contributed by atoms with E-state index < -0.39 is 0 Å². The van der Waals surface area contributed by atoms with Gasteiger partial charge in [-0.2, -0.15) is 0 Å². The fraction of sp³-hybridized carbons (Fsp3) is 0.571. The summed E-state index contributed by atoms with van der Waals surface area (Å²) in [7, 11) is 0. The third kappa shape index (κ3) is 4.34. The molecule has 2 nitrogen and oxygen atoms in total. The van der Waals surface area contributed by atoms with Gasteiger partial charge >= 0.3 is 0 Å². The van der Waals surface area contributed by atoms with Gasteiger partial charge in [-0.1, -0.05) is 19.1 Å². The predicted molar refractivity (Wildman–Crippen MR) is 77.5 cm³/mol. The van der Waals surface area contributed by atoms with E-state index >= 15 is 0 Å². The Kier molecular flexibility index (Phi) is 6.63. The largest absolute Gasteiger partial charge is 0.330 e. The first kappa shape index (κ1) is 14.6. The molecule has 0 amide bonds. The van der Waals surface area contributed by atoms with E-state index in [2.05, 4.69) is 37.4 Å². The maximum absolute atomic E-state index is 5.73. The maximum atomic E-state index is 5.73. The van der Waals surface area contributed by atoms with Crippen LogP contribution in [-0.4, -0.2) is 19.3 Å². The molecule has 0 heterocycles. The lowest BCUT2D eigenvalue weighted by Gasteiger charge is -2.21. The van der Waals surface area contributed by atoms with Crippen LogP contribution in [-0.2, 0) is 0 Å². The van der Waals surface area contributed by atoms with Crippen molar-refractivity contribution >= 4 is 11.8 Å². The first-order valence-corrected chi connectivity index (χ1v) is 7.51. The smallest absolute Gasteiger partial charge is 0.00693 e. The van der Waals surface area contributed by atoms with Gasteiger partial charge in [0.1, 0.15) is 0 Å². The van der Waals surface area contributed by atoms with Crippen molar-refractivity contribution in [1.29, 1.82) is 0 Å². The Bertz CT molecular complexity index is 307. The minimum absolute atomic E-state index is 0.445. The summed E-state index contributed by atoms with van der Waals surface area (Å²) >= 11 is 1.78. The summed E-state index contributed by atoms with van der Waals surface area (Å²) in [6, 6.07) is 8.87. The third-order valence-corrected chi connectivity index (χ3v) is 4.11. The molecule has 0 aliphatic carbocycles. The van der Waals surface area contributed by atoms with Crippen LogP contribution in [0.2, 0.25) is 0 Å². The average Bonchev–Trinajstić information content (AvgIpc) is 2.40. The average molecular weight is 252 g/mol. The maximum Gasteiger partial charge on any atom is 0.00693 e. The zero-order valence-corrected chi connectivity index (χ0v) is 11.7. The lowest BCUT2D eigenvalue weighted by molar-refractivity contribution is 0.442. The Morgan fingerprint density at radius 1 is 1.12 bits per heavy atom. The molecule has 17 heavy (non-hydrogen) atoms. The highest BCUT2D eigenvalue weighted by Gasteiger charge is 2.14. The Morgan fingerprint density at radius 3 is 2.12 bits per heavy atom. The number of benzene rings is 1. The molecule has 0 aromatic heterocycles. The highest BCUT2D eigenvalue weighted by Crippen LogP contribution is 2.28. The third-order valence-electron chi connectivity index (χ3n) is 3.36. The van der Waals surface area contributed by atoms with Crippen molar-refractivity contribution < 1.29 is 0 Å². The Morgan fingerprint density at radius 2 is 1.71 bits per heavy atom. The predicted octanol–water partition coefficient (Wildman–Crippen LogP) is 2.83. The van der Waals surface area contributed by atoms with Crippen LogP contribution in [0.25, 0.3) is 0 Å². The Balaban J connectivity index is 2.71. The summed E-state index contributed by atoms with van der Waals surface area (Å²) in [5.74, 6) is 1.03. The molecule has 0 spiro atoms. The molecule has 0 fully saturated rings. The van der Waals surface area contributed by atoms with Gasteiger partial charge in [0.05, 0.1) is 0 Å². The van der Waals surface area contributed by atoms with Crippen molar-refractivity contribution in [1.82, 2.24) is 0 Å². The van der Waals surface area contributed by atoms with E-state index in [4.69, 9.17) is 11.5 Å². The molecular weight excluding hydrogens is 228 g/mol. The van der Waals surface area contributed by atoms with Gasteiger partial charge in [-0.05, 0) is 61.7 Å². The lowest BCUT2D eigenvalue weighted by Crippen LogP contribution is -2.25. The minimum Gasteiger partial charge on any atom is -0.330 e. The summed E-state index contributed by atoms with van der Waals surface area (Å²) in [5, 5.41) is 0. The van der Waals surface area contributed by atoms with Gasteiger partial charge in [0.2, 0.25) is 0 Å². The Hall–Kier alpha value is -0.510. The monoisotopic (exact) mass is 252 g/mol. The molecule has 1 aromatic rings. The molecule has 96 valence electrons. The van der Waals surface area contributed by atoms with Gasteiger partial charge in [0, 0.05) is 4.90 Å². The zero-order valence-electron chi connectivity index (χ0n) is 10.9. The van der Waals surface area contributed by atoms with Crippen LogP contribution in [0.4, 0.5) is 0 Å². The first-order chi connectivity index (χ1) is 8.24. The van der Waals surface area contributed by atoms with Crippen LogP contribution in [0.5, 0.6) is 0 Å². The number of thioether (sulfide) groups is 1. The van der Waals surface area contributed by atoms with Crippen molar-refractivity contribution in [3.63, 3.8) is 0 Å². The molecule has 0 bridgehead atoms. The summed E-state index contributed by atoms with van der Waals surface area (Å²) in [6.45, 7) is 3.61. The van der Waals surface area contributed by atoms with Gasteiger partial charge in [-0.15, -0.1) is 11.8 Å². The zero-order chi connectivity index (χ0) is 12.7. The van der Waals surface area contributed by atoms with Crippen molar-refractivity contribution in [3.05, 3.63) is 29.8 Å². The van der Waals surface area contributed by atoms with Gasteiger partial charge in [0.15, 0.2) is 0 Å². The van der Waals surface area contributed by atoms with Crippen LogP contribution >= 0.6 is 11.8 Å². The first-order valence-electron chi connectivity index (χ1n) is 6.29. The Labute approximate surface area is 109 Å². The number of hydrogen-bond donors (Lipinski definition) is 2. The van der Waals surface area contributed by atoms with E-state index in [0.29, 0.717) is 24.9 Å². The fourth-order valence-corrected chi connectivity index (χ4v) is 2.51. The van der Waals surface area contributed by atoms with E-state index in [0.717, 1.165) is 12.8 Å². The topological polar surface area (TPSA) is 52.0 Å². The van der Waals surface area contributed by atoms with Crippen LogP contribution in [0, 0.1) is 5.92 Å². The molecule has 1 rings (SSSR count). The highest BCUT2D eigenvalue weighted by molar-refractivity contribution is 7.98. The van der Waals surface area contributed by atoms with Crippen LogP contribution in [0.15, 0.2) is 29.2 Å². The quantitative estimate of drug-likeness (QED) is 0.734. The molecule has 3 heteroatoms. The van der Waals surface area contributed by atoms with Crippen LogP contribution in [0.3, 0.4) is 0 Å². The molecule has 0 radical (unpaired) electrons. The molecule has 0 aliphatic heterocycles. The summed E-state index contributed by atoms with van der Waals surface area (Å²) in [5.41, 5.74) is 12.9.